The van der Waals surface area contributed by atoms with E-state index in [-0.39, 0.29) is 5.09 Å². The van der Waals surface area contributed by atoms with E-state index in [4.69, 9.17) is 4.42 Å². The maximum absolute atomic E-state index is 11.9. The molecule has 2 heterocycles. The predicted molar refractivity (Wildman–Crippen MR) is 79.1 cm³/mol. The minimum atomic E-state index is -3.51. The van der Waals surface area contributed by atoms with E-state index in [1.165, 1.54) is 20.2 Å². The second-order valence-corrected chi connectivity index (χ2v) is 7.00. The maximum Gasteiger partial charge on any atom is 0.275 e. The second kappa shape index (κ2) is 6.38. The van der Waals surface area contributed by atoms with Crippen molar-refractivity contribution >= 4 is 10.0 Å². The normalized spacial score (nSPS) is 12.0. The van der Waals surface area contributed by atoms with Crippen LogP contribution in [0.25, 0.3) is 0 Å². The van der Waals surface area contributed by atoms with Crippen molar-refractivity contribution in [3.8, 4) is 0 Å². The Morgan fingerprint density at radius 1 is 1.24 bits per heavy atom. The molecule has 0 aromatic carbocycles. The number of hydrogen-bond donors (Lipinski definition) is 1. The molecule has 114 valence electrons. The Bertz CT molecular complexity index is 708. The number of nitrogens with one attached hydrogen (secondary N) is 1. The Kier molecular flexibility index (Phi) is 4.76. The first kappa shape index (κ1) is 15.7. The minimum Gasteiger partial charge on any atom is -0.447 e. The molecule has 0 spiro atoms. The van der Waals surface area contributed by atoms with E-state index in [0.29, 0.717) is 18.8 Å². The lowest BCUT2D eigenvalue weighted by molar-refractivity contribution is 0.389. The van der Waals surface area contributed by atoms with Gasteiger partial charge in [0.25, 0.3) is 10.0 Å². The molecule has 0 bridgehead atoms. The van der Waals surface area contributed by atoms with E-state index in [1.807, 2.05) is 19.2 Å². The number of nitrogens with zero attached hydrogens (tertiary/aromatic N) is 2. The Hall–Kier alpha value is -1.70. The van der Waals surface area contributed by atoms with Crippen molar-refractivity contribution in [2.24, 2.45) is 0 Å². The molecule has 6 nitrogen and oxygen atoms in total. The van der Waals surface area contributed by atoms with Crippen molar-refractivity contribution in [3.05, 3.63) is 47.5 Å². The number of aryl methyl sites for hydroxylation is 1. The molecule has 0 aliphatic rings. The zero-order valence-corrected chi connectivity index (χ0v) is 13.1. The topological polar surface area (TPSA) is 75.4 Å². The van der Waals surface area contributed by atoms with Crippen molar-refractivity contribution in [1.82, 2.24) is 14.6 Å². The zero-order chi connectivity index (χ0) is 15.5. The van der Waals surface area contributed by atoms with Crippen molar-refractivity contribution in [1.29, 1.82) is 0 Å². The Balaban J connectivity index is 1.97. The Morgan fingerprint density at radius 2 is 2.00 bits per heavy atom. The number of sulfonamides is 1. The third-order valence-corrected chi connectivity index (χ3v) is 4.81. The first-order chi connectivity index (χ1) is 9.91. The van der Waals surface area contributed by atoms with Gasteiger partial charge in [0.2, 0.25) is 5.09 Å². The smallest absolute Gasteiger partial charge is 0.275 e. The third kappa shape index (κ3) is 3.69. The minimum absolute atomic E-state index is 0.0376. The third-order valence-electron chi connectivity index (χ3n) is 3.12. The average molecular weight is 309 g/mol. The van der Waals surface area contributed by atoms with Crippen LogP contribution in [0.5, 0.6) is 0 Å². The summed E-state index contributed by atoms with van der Waals surface area (Å²) in [6.07, 6.45) is 3.56. The summed E-state index contributed by atoms with van der Waals surface area (Å²) in [7, 11) is -0.561. The molecular weight excluding hydrogens is 290 g/mol. The quantitative estimate of drug-likeness (QED) is 0.875. The van der Waals surface area contributed by atoms with Gasteiger partial charge < -0.3 is 9.73 Å². The molecule has 2 rings (SSSR count). The highest BCUT2D eigenvalue weighted by atomic mass is 32.2. The van der Waals surface area contributed by atoms with E-state index in [9.17, 15) is 8.42 Å². The predicted octanol–water partition coefficient (Wildman–Crippen LogP) is 1.52. The van der Waals surface area contributed by atoms with Crippen LogP contribution in [-0.2, 0) is 23.1 Å². The van der Waals surface area contributed by atoms with Crippen LogP contribution in [-0.4, -0.2) is 31.8 Å². The van der Waals surface area contributed by atoms with Crippen molar-refractivity contribution in [2.45, 2.75) is 25.1 Å². The highest BCUT2D eigenvalue weighted by Crippen LogP contribution is 2.16. The highest BCUT2D eigenvalue weighted by Gasteiger charge is 2.21. The Labute approximate surface area is 124 Å². The van der Waals surface area contributed by atoms with E-state index in [1.54, 1.807) is 12.3 Å². The van der Waals surface area contributed by atoms with Crippen molar-refractivity contribution in [3.63, 3.8) is 0 Å². The fraction of sp³-hybridized carbons (Fsp3) is 0.357. The molecule has 2 aromatic rings. The molecule has 7 heteroatoms. The fourth-order valence-corrected chi connectivity index (χ4v) is 2.60. The van der Waals surface area contributed by atoms with Crippen molar-refractivity contribution < 1.29 is 12.8 Å². The SMILES string of the molecule is Cc1cnccc1CNCc1ccc(S(=O)(=O)N(C)C)o1. The summed E-state index contributed by atoms with van der Waals surface area (Å²) in [5.74, 6) is 0.585. The van der Waals surface area contributed by atoms with Gasteiger partial charge in [0, 0.05) is 33.0 Å². The van der Waals surface area contributed by atoms with Gasteiger partial charge in [-0.05, 0) is 36.2 Å². The van der Waals surface area contributed by atoms with Gasteiger partial charge in [0.05, 0.1) is 6.54 Å². The lowest BCUT2D eigenvalue weighted by atomic mass is 10.1. The van der Waals surface area contributed by atoms with E-state index in [2.05, 4.69) is 10.3 Å². The summed E-state index contributed by atoms with van der Waals surface area (Å²) < 4.78 is 30.3. The van der Waals surface area contributed by atoms with Crippen LogP contribution in [0, 0.1) is 6.92 Å². The van der Waals surface area contributed by atoms with Crippen LogP contribution in [0.3, 0.4) is 0 Å². The Morgan fingerprint density at radius 3 is 2.67 bits per heavy atom. The van der Waals surface area contributed by atoms with Crippen LogP contribution >= 0.6 is 0 Å². The van der Waals surface area contributed by atoms with E-state index >= 15 is 0 Å². The monoisotopic (exact) mass is 309 g/mol. The van der Waals surface area contributed by atoms with Crippen LogP contribution in [0.4, 0.5) is 0 Å². The molecule has 0 saturated heterocycles. The van der Waals surface area contributed by atoms with Gasteiger partial charge in [0.15, 0.2) is 0 Å². The van der Waals surface area contributed by atoms with Crippen LogP contribution in [0.2, 0.25) is 0 Å². The van der Waals surface area contributed by atoms with Crippen LogP contribution in [0.15, 0.2) is 40.1 Å². The fourth-order valence-electron chi connectivity index (χ4n) is 1.79. The first-order valence-corrected chi connectivity index (χ1v) is 7.96. The molecule has 0 aliphatic carbocycles. The van der Waals surface area contributed by atoms with E-state index in [0.717, 1.165) is 15.4 Å². The molecule has 0 saturated carbocycles. The number of aromatic nitrogens is 1. The van der Waals surface area contributed by atoms with E-state index < -0.39 is 10.0 Å². The largest absolute Gasteiger partial charge is 0.447 e. The molecule has 0 radical (unpaired) electrons. The molecule has 2 aromatic heterocycles. The number of pyridine rings is 1. The maximum atomic E-state index is 11.9. The molecule has 0 amide bonds. The first-order valence-electron chi connectivity index (χ1n) is 6.52. The average Bonchev–Trinajstić information content (AvgIpc) is 2.90. The molecule has 0 fully saturated rings. The molecule has 21 heavy (non-hydrogen) atoms. The van der Waals surface area contributed by atoms with Gasteiger partial charge in [-0.15, -0.1) is 0 Å². The van der Waals surface area contributed by atoms with Gasteiger partial charge in [0.1, 0.15) is 5.76 Å². The summed E-state index contributed by atoms with van der Waals surface area (Å²) in [5.41, 5.74) is 2.26. The van der Waals surface area contributed by atoms with Gasteiger partial charge in [-0.3, -0.25) is 4.98 Å². The van der Waals surface area contributed by atoms with Crippen LogP contribution < -0.4 is 5.32 Å². The van der Waals surface area contributed by atoms with Crippen molar-refractivity contribution in [2.75, 3.05) is 14.1 Å². The summed E-state index contributed by atoms with van der Waals surface area (Å²) in [6, 6.07) is 5.10. The summed E-state index contributed by atoms with van der Waals surface area (Å²) in [5, 5.41) is 3.19. The number of rotatable bonds is 6. The lowest BCUT2D eigenvalue weighted by Gasteiger charge is -2.08. The van der Waals surface area contributed by atoms with Crippen LogP contribution in [0.1, 0.15) is 16.9 Å². The number of hydrogen-bond acceptors (Lipinski definition) is 5. The second-order valence-electron chi connectivity index (χ2n) is 4.91. The van der Waals surface area contributed by atoms with Gasteiger partial charge in [-0.1, -0.05) is 0 Å². The lowest BCUT2D eigenvalue weighted by Crippen LogP contribution is -2.21. The summed E-state index contributed by atoms with van der Waals surface area (Å²) in [4.78, 5) is 4.04. The van der Waals surface area contributed by atoms with Gasteiger partial charge >= 0.3 is 0 Å². The zero-order valence-electron chi connectivity index (χ0n) is 12.3. The molecule has 0 aliphatic heterocycles. The molecule has 1 N–H and O–H groups in total. The number of furan rings is 1. The van der Waals surface area contributed by atoms with Gasteiger partial charge in [-0.25, -0.2) is 12.7 Å². The van der Waals surface area contributed by atoms with Gasteiger partial charge in [-0.2, -0.15) is 0 Å². The highest BCUT2D eigenvalue weighted by molar-refractivity contribution is 7.88. The molecule has 0 unspecified atom stereocenters. The molecular formula is C14H19N3O3S. The molecule has 0 atom stereocenters. The summed E-state index contributed by atoms with van der Waals surface area (Å²) in [6.45, 7) is 3.13. The summed E-state index contributed by atoms with van der Waals surface area (Å²) >= 11 is 0. The standard InChI is InChI=1S/C14H19N3O3S/c1-11-8-15-7-6-12(11)9-16-10-13-4-5-14(20-13)21(18,19)17(2)3/h4-8,16H,9-10H2,1-3H3.